The summed E-state index contributed by atoms with van der Waals surface area (Å²) in [7, 11) is 0. The monoisotopic (exact) mass is 403 g/mol. The molecule has 1 saturated heterocycles. The predicted octanol–water partition coefficient (Wildman–Crippen LogP) is 5.25. The highest BCUT2D eigenvalue weighted by molar-refractivity contribution is 5.98. The molecule has 0 spiro atoms. The summed E-state index contributed by atoms with van der Waals surface area (Å²) in [5, 5.41) is 0.688. The van der Waals surface area contributed by atoms with Gasteiger partial charge in [0.2, 0.25) is 5.89 Å². The van der Waals surface area contributed by atoms with Crippen LogP contribution in [0.2, 0.25) is 0 Å². The minimum absolute atomic E-state index is 0.155. The molecule has 5 nitrogen and oxygen atoms in total. The van der Waals surface area contributed by atoms with Crippen LogP contribution in [0.25, 0.3) is 10.9 Å². The molecule has 0 bridgehead atoms. The van der Waals surface area contributed by atoms with Crippen LogP contribution in [0.3, 0.4) is 0 Å². The minimum Gasteiger partial charge on any atom is -0.443 e. The first-order chi connectivity index (χ1) is 14.7. The summed E-state index contributed by atoms with van der Waals surface area (Å²) in [6.07, 6.45) is 5.14. The van der Waals surface area contributed by atoms with Gasteiger partial charge in [-0.05, 0) is 37.0 Å². The topological polar surface area (TPSA) is 62.1 Å². The molecule has 2 aromatic carbocycles. The minimum atomic E-state index is -0.361. The zero-order chi connectivity index (χ0) is 20.5. The maximum absolute atomic E-state index is 14.0. The van der Waals surface area contributed by atoms with Crippen LogP contribution in [-0.2, 0) is 6.42 Å². The number of fused-ring (bicyclic) bond motifs is 1. The number of para-hydroxylation sites is 1. The number of oxazole rings is 1. The van der Waals surface area contributed by atoms with Gasteiger partial charge in [-0.1, -0.05) is 42.5 Å². The first-order valence-corrected chi connectivity index (χ1v) is 10.3. The molecule has 0 saturated carbocycles. The number of nitrogens with zero attached hydrogens (tertiary/aromatic N) is 2. The lowest BCUT2D eigenvalue weighted by atomic mass is 10.0. The average molecular weight is 403 g/mol. The summed E-state index contributed by atoms with van der Waals surface area (Å²) in [6, 6.07) is 16.4. The van der Waals surface area contributed by atoms with Gasteiger partial charge in [0, 0.05) is 18.4 Å². The lowest BCUT2D eigenvalue weighted by molar-refractivity contribution is 0.0565. The van der Waals surface area contributed by atoms with Crippen molar-refractivity contribution in [2.75, 3.05) is 6.54 Å². The van der Waals surface area contributed by atoms with E-state index in [4.69, 9.17) is 4.42 Å². The number of piperidine rings is 1. The van der Waals surface area contributed by atoms with Gasteiger partial charge in [0.25, 0.3) is 5.91 Å². The standard InChI is InChI=1S/C24H22FN3O2/c25-19-10-6-9-17-14-20(27-22(17)19)24(29)28-12-5-4-11-21(28)23-26-15-18(30-23)13-16-7-2-1-3-8-16/h1-3,6-10,14-15,21,27H,4-5,11-13H2. The first kappa shape index (κ1) is 18.6. The molecule has 5 rings (SSSR count). The molecule has 3 heterocycles. The highest BCUT2D eigenvalue weighted by Gasteiger charge is 2.32. The van der Waals surface area contributed by atoms with E-state index in [9.17, 15) is 9.18 Å². The zero-order valence-corrected chi connectivity index (χ0v) is 16.5. The Morgan fingerprint density at radius 2 is 2.03 bits per heavy atom. The van der Waals surface area contributed by atoms with Gasteiger partial charge in [0.15, 0.2) is 0 Å². The number of hydrogen-bond acceptors (Lipinski definition) is 3. The highest BCUT2D eigenvalue weighted by Crippen LogP contribution is 2.32. The van der Waals surface area contributed by atoms with Gasteiger partial charge in [-0.15, -0.1) is 0 Å². The fourth-order valence-electron chi connectivity index (χ4n) is 4.18. The molecule has 1 unspecified atom stereocenters. The van der Waals surface area contributed by atoms with Crippen molar-refractivity contribution >= 4 is 16.8 Å². The molecule has 1 aliphatic rings. The van der Waals surface area contributed by atoms with E-state index >= 15 is 0 Å². The number of carbonyl (C=O) groups excluding carboxylic acids is 1. The SMILES string of the molecule is O=C(c1cc2cccc(F)c2[nH]1)N1CCCCC1c1ncc(Cc2ccccc2)o1. The number of nitrogens with one attached hydrogen (secondary N) is 1. The van der Waals surface area contributed by atoms with E-state index in [1.54, 1.807) is 29.3 Å². The molecule has 1 amide bonds. The maximum Gasteiger partial charge on any atom is 0.270 e. The maximum atomic E-state index is 14.0. The van der Waals surface area contributed by atoms with Crippen LogP contribution in [0, 0.1) is 5.82 Å². The van der Waals surface area contributed by atoms with Gasteiger partial charge in [-0.25, -0.2) is 9.37 Å². The second-order valence-electron chi connectivity index (χ2n) is 7.72. The molecule has 0 radical (unpaired) electrons. The van der Waals surface area contributed by atoms with E-state index in [0.717, 1.165) is 30.6 Å². The van der Waals surface area contributed by atoms with Crippen molar-refractivity contribution in [1.82, 2.24) is 14.9 Å². The number of benzene rings is 2. The van der Waals surface area contributed by atoms with Crippen molar-refractivity contribution < 1.29 is 13.6 Å². The predicted molar refractivity (Wildman–Crippen MR) is 112 cm³/mol. The number of carbonyl (C=O) groups is 1. The van der Waals surface area contributed by atoms with Crippen molar-refractivity contribution in [3.63, 3.8) is 0 Å². The van der Waals surface area contributed by atoms with Crippen molar-refractivity contribution in [3.8, 4) is 0 Å². The van der Waals surface area contributed by atoms with E-state index in [1.807, 2.05) is 30.3 Å². The number of H-pyrrole nitrogens is 1. The van der Waals surface area contributed by atoms with Crippen molar-refractivity contribution in [2.24, 2.45) is 0 Å². The van der Waals surface area contributed by atoms with Gasteiger partial charge in [0.05, 0.1) is 11.7 Å². The summed E-state index contributed by atoms with van der Waals surface area (Å²) < 4.78 is 20.1. The van der Waals surface area contributed by atoms with Gasteiger partial charge < -0.3 is 14.3 Å². The second-order valence-corrected chi connectivity index (χ2v) is 7.72. The summed E-state index contributed by atoms with van der Waals surface area (Å²) in [5.41, 5.74) is 1.89. The summed E-state index contributed by atoms with van der Waals surface area (Å²) in [5.74, 6) is 0.830. The number of rotatable bonds is 4. The zero-order valence-electron chi connectivity index (χ0n) is 16.5. The summed E-state index contributed by atoms with van der Waals surface area (Å²) in [4.78, 5) is 22.5. The van der Waals surface area contributed by atoms with Crippen LogP contribution in [-0.4, -0.2) is 27.3 Å². The normalized spacial score (nSPS) is 16.8. The van der Waals surface area contributed by atoms with Crippen molar-refractivity contribution in [2.45, 2.75) is 31.7 Å². The Morgan fingerprint density at radius 3 is 2.87 bits per heavy atom. The number of amides is 1. The molecule has 1 aliphatic heterocycles. The molecule has 4 aromatic rings. The summed E-state index contributed by atoms with van der Waals surface area (Å²) >= 11 is 0. The Labute approximate surface area is 173 Å². The number of aromatic amines is 1. The number of hydrogen-bond donors (Lipinski definition) is 1. The lowest BCUT2D eigenvalue weighted by Gasteiger charge is -2.33. The van der Waals surface area contributed by atoms with Crippen LogP contribution < -0.4 is 0 Å². The van der Waals surface area contributed by atoms with E-state index in [0.29, 0.717) is 35.5 Å². The second kappa shape index (κ2) is 7.78. The third-order valence-corrected chi connectivity index (χ3v) is 5.68. The fraction of sp³-hybridized carbons (Fsp3) is 0.250. The van der Waals surface area contributed by atoms with E-state index in [1.165, 1.54) is 6.07 Å². The molecule has 1 atom stereocenters. The smallest absolute Gasteiger partial charge is 0.270 e. The van der Waals surface area contributed by atoms with E-state index < -0.39 is 0 Å². The molecule has 6 heteroatoms. The van der Waals surface area contributed by atoms with Crippen molar-refractivity contribution in [1.29, 1.82) is 0 Å². The third-order valence-electron chi connectivity index (χ3n) is 5.68. The Morgan fingerprint density at radius 1 is 1.17 bits per heavy atom. The van der Waals surface area contributed by atoms with Gasteiger partial charge in [-0.3, -0.25) is 4.79 Å². The average Bonchev–Trinajstić information content (AvgIpc) is 3.42. The van der Waals surface area contributed by atoms with Gasteiger partial charge >= 0.3 is 0 Å². The van der Waals surface area contributed by atoms with Crippen molar-refractivity contribution in [3.05, 3.63) is 89.5 Å². The Balaban J connectivity index is 1.40. The molecule has 1 N–H and O–H groups in total. The number of likely N-dealkylation sites (tertiary alicyclic amines) is 1. The van der Waals surface area contributed by atoms with E-state index in [2.05, 4.69) is 9.97 Å². The Hall–Kier alpha value is -3.41. The number of aromatic nitrogens is 2. The molecule has 1 fully saturated rings. The lowest BCUT2D eigenvalue weighted by Crippen LogP contribution is -2.38. The van der Waals surface area contributed by atoms with Crippen LogP contribution >= 0.6 is 0 Å². The third kappa shape index (κ3) is 3.49. The highest BCUT2D eigenvalue weighted by atomic mass is 19.1. The quantitative estimate of drug-likeness (QED) is 0.506. The van der Waals surface area contributed by atoms with Crippen LogP contribution in [0.15, 0.2) is 65.2 Å². The van der Waals surface area contributed by atoms with Gasteiger partial charge in [-0.2, -0.15) is 0 Å². The first-order valence-electron chi connectivity index (χ1n) is 10.3. The van der Waals surface area contributed by atoms with Crippen LogP contribution in [0.4, 0.5) is 4.39 Å². The molecule has 152 valence electrons. The molecule has 0 aliphatic carbocycles. The molecular formula is C24H22FN3O2. The van der Waals surface area contributed by atoms with E-state index in [-0.39, 0.29) is 17.8 Å². The largest absolute Gasteiger partial charge is 0.443 e. The van der Waals surface area contributed by atoms with Crippen LogP contribution in [0.1, 0.15) is 53.0 Å². The Kier molecular flexibility index (Phi) is 4.83. The summed E-state index contributed by atoms with van der Waals surface area (Å²) in [6.45, 7) is 0.623. The molecule has 30 heavy (non-hydrogen) atoms. The molecule has 2 aromatic heterocycles. The Bertz CT molecular complexity index is 1180. The van der Waals surface area contributed by atoms with Gasteiger partial charge in [0.1, 0.15) is 23.3 Å². The number of halogens is 1. The fourth-order valence-corrected chi connectivity index (χ4v) is 4.18. The van der Waals surface area contributed by atoms with Crippen LogP contribution in [0.5, 0.6) is 0 Å². The molecular weight excluding hydrogens is 381 g/mol.